The summed E-state index contributed by atoms with van der Waals surface area (Å²) in [4.78, 5) is 0. The van der Waals surface area contributed by atoms with E-state index in [1.54, 1.807) is 38.5 Å². The fraction of sp³-hybridized carbons (Fsp3) is 0.900. The van der Waals surface area contributed by atoms with Crippen molar-refractivity contribution in [3.05, 3.63) is 12.2 Å². The first kappa shape index (κ1) is 14.7. The standard InChI is InChI=1S/C20H34/c1-2-5-16-8-10-18(11-9-16)20-14-12-19(13-15-20)17-6-3-4-7-17/h2,5,16-20H,3-4,6-15H2,1H3/b5-2+. The van der Waals surface area contributed by atoms with E-state index < -0.39 is 0 Å². The van der Waals surface area contributed by atoms with Gasteiger partial charge in [-0.05, 0) is 87.9 Å². The normalized spacial score (nSPS) is 40.5. The van der Waals surface area contributed by atoms with Gasteiger partial charge in [-0.15, -0.1) is 0 Å². The third kappa shape index (κ3) is 3.49. The largest absolute Gasteiger partial charge is 0.0914 e. The molecule has 3 aliphatic carbocycles. The van der Waals surface area contributed by atoms with Gasteiger partial charge < -0.3 is 0 Å². The number of rotatable bonds is 3. The second kappa shape index (κ2) is 7.14. The van der Waals surface area contributed by atoms with E-state index in [9.17, 15) is 0 Å². The van der Waals surface area contributed by atoms with Crippen LogP contribution in [0.1, 0.15) is 84.0 Å². The Kier molecular flexibility index (Phi) is 5.24. The first-order chi connectivity index (χ1) is 9.86. The molecule has 0 atom stereocenters. The van der Waals surface area contributed by atoms with Crippen molar-refractivity contribution in [2.75, 3.05) is 0 Å². The maximum Gasteiger partial charge on any atom is -0.0233 e. The molecule has 0 radical (unpaired) electrons. The van der Waals surface area contributed by atoms with Crippen LogP contribution in [0.4, 0.5) is 0 Å². The molecule has 0 aliphatic heterocycles. The molecular formula is C20H34. The highest BCUT2D eigenvalue weighted by Gasteiger charge is 2.33. The van der Waals surface area contributed by atoms with Crippen LogP contribution in [0, 0.1) is 29.6 Å². The van der Waals surface area contributed by atoms with E-state index in [1.165, 1.54) is 38.5 Å². The van der Waals surface area contributed by atoms with Crippen LogP contribution < -0.4 is 0 Å². The fourth-order valence-electron chi connectivity index (χ4n) is 5.60. The first-order valence-electron chi connectivity index (χ1n) is 9.49. The Morgan fingerprint density at radius 2 is 0.950 bits per heavy atom. The predicted octanol–water partition coefficient (Wildman–Crippen LogP) is 6.37. The zero-order chi connectivity index (χ0) is 13.8. The zero-order valence-electron chi connectivity index (χ0n) is 13.5. The molecule has 0 aromatic heterocycles. The summed E-state index contributed by atoms with van der Waals surface area (Å²) < 4.78 is 0. The summed E-state index contributed by atoms with van der Waals surface area (Å²) in [7, 11) is 0. The molecule has 0 bridgehead atoms. The van der Waals surface area contributed by atoms with E-state index in [1.807, 2.05) is 0 Å². The number of hydrogen-bond acceptors (Lipinski definition) is 0. The molecule has 20 heavy (non-hydrogen) atoms. The van der Waals surface area contributed by atoms with Crippen LogP contribution in [0.15, 0.2) is 12.2 Å². The molecule has 0 saturated heterocycles. The van der Waals surface area contributed by atoms with Gasteiger partial charge in [0.2, 0.25) is 0 Å². The molecule has 0 amide bonds. The van der Waals surface area contributed by atoms with Crippen LogP contribution in [0.5, 0.6) is 0 Å². The fourth-order valence-corrected chi connectivity index (χ4v) is 5.60. The van der Waals surface area contributed by atoms with Gasteiger partial charge in [-0.3, -0.25) is 0 Å². The molecule has 0 spiro atoms. The molecule has 3 rings (SSSR count). The molecule has 0 N–H and O–H groups in total. The van der Waals surface area contributed by atoms with Crippen LogP contribution in [0.2, 0.25) is 0 Å². The lowest BCUT2D eigenvalue weighted by Crippen LogP contribution is -2.27. The molecule has 3 saturated carbocycles. The van der Waals surface area contributed by atoms with E-state index in [4.69, 9.17) is 0 Å². The topological polar surface area (TPSA) is 0 Å². The number of hydrogen-bond donors (Lipinski definition) is 0. The Labute approximate surface area is 126 Å². The van der Waals surface area contributed by atoms with Crippen molar-refractivity contribution in [1.82, 2.24) is 0 Å². The smallest absolute Gasteiger partial charge is 0.0233 e. The molecule has 3 aliphatic rings. The van der Waals surface area contributed by atoms with Gasteiger partial charge in [0.15, 0.2) is 0 Å². The zero-order valence-corrected chi connectivity index (χ0v) is 13.5. The van der Waals surface area contributed by atoms with Crippen LogP contribution >= 0.6 is 0 Å². The molecule has 114 valence electrons. The van der Waals surface area contributed by atoms with Gasteiger partial charge in [-0.2, -0.15) is 0 Å². The van der Waals surface area contributed by atoms with Crippen molar-refractivity contribution in [2.24, 2.45) is 29.6 Å². The molecule has 0 heteroatoms. The van der Waals surface area contributed by atoms with E-state index >= 15 is 0 Å². The molecular weight excluding hydrogens is 240 g/mol. The quantitative estimate of drug-likeness (QED) is 0.525. The Hall–Kier alpha value is -0.260. The average Bonchev–Trinajstić information content (AvgIpc) is 3.03. The van der Waals surface area contributed by atoms with E-state index in [-0.39, 0.29) is 0 Å². The Morgan fingerprint density at radius 3 is 1.40 bits per heavy atom. The summed E-state index contributed by atoms with van der Waals surface area (Å²) in [6, 6.07) is 0. The van der Waals surface area contributed by atoms with Crippen LogP contribution in [-0.4, -0.2) is 0 Å². The van der Waals surface area contributed by atoms with Crippen molar-refractivity contribution in [1.29, 1.82) is 0 Å². The van der Waals surface area contributed by atoms with Crippen LogP contribution in [0.25, 0.3) is 0 Å². The summed E-state index contributed by atoms with van der Waals surface area (Å²) >= 11 is 0. The lowest BCUT2D eigenvalue weighted by Gasteiger charge is -2.39. The number of allylic oxidation sites excluding steroid dienone is 2. The summed E-state index contributed by atoms with van der Waals surface area (Å²) in [6.07, 6.45) is 23.2. The van der Waals surface area contributed by atoms with Crippen LogP contribution in [-0.2, 0) is 0 Å². The molecule has 3 fully saturated rings. The van der Waals surface area contributed by atoms with Crippen molar-refractivity contribution in [3.8, 4) is 0 Å². The van der Waals surface area contributed by atoms with Crippen molar-refractivity contribution >= 4 is 0 Å². The highest BCUT2D eigenvalue weighted by molar-refractivity contribution is 4.91. The lowest BCUT2D eigenvalue weighted by atomic mass is 9.67. The van der Waals surface area contributed by atoms with Gasteiger partial charge in [0.1, 0.15) is 0 Å². The second-order valence-electron chi connectivity index (χ2n) is 7.92. The third-order valence-electron chi connectivity index (χ3n) is 6.83. The third-order valence-corrected chi connectivity index (χ3v) is 6.83. The Morgan fingerprint density at radius 1 is 0.550 bits per heavy atom. The second-order valence-corrected chi connectivity index (χ2v) is 7.92. The van der Waals surface area contributed by atoms with Gasteiger partial charge in [0.05, 0.1) is 0 Å². The van der Waals surface area contributed by atoms with Gasteiger partial charge in [0, 0.05) is 0 Å². The highest BCUT2D eigenvalue weighted by atomic mass is 14.4. The van der Waals surface area contributed by atoms with Gasteiger partial charge >= 0.3 is 0 Å². The summed E-state index contributed by atoms with van der Waals surface area (Å²) in [5.41, 5.74) is 0. The van der Waals surface area contributed by atoms with Crippen molar-refractivity contribution in [3.63, 3.8) is 0 Å². The predicted molar refractivity (Wildman–Crippen MR) is 87.7 cm³/mol. The Bertz CT molecular complexity index is 294. The SMILES string of the molecule is C/C=C/C1CCC(C2CCC(C3CCCC3)CC2)CC1. The van der Waals surface area contributed by atoms with E-state index in [0.717, 1.165) is 29.6 Å². The van der Waals surface area contributed by atoms with E-state index in [2.05, 4.69) is 19.1 Å². The monoisotopic (exact) mass is 274 g/mol. The summed E-state index contributed by atoms with van der Waals surface area (Å²) in [5, 5.41) is 0. The minimum Gasteiger partial charge on any atom is -0.0914 e. The first-order valence-corrected chi connectivity index (χ1v) is 9.49. The minimum absolute atomic E-state index is 0.908. The summed E-state index contributed by atoms with van der Waals surface area (Å²) in [6.45, 7) is 2.18. The molecule has 0 nitrogen and oxygen atoms in total. The molecule has 0 heterocycles. The lowest BCUT2D eigenvalue weighted by molar-refractivity contribution is 0.132. The van der Waals surface area contributed by atoms with Crippen molar-refractivity contribution in [2.45, 2.75) is 84.0 Å². The average molecular weight is 274 g/mol. The van der Waals surface area contributed by atoms with E-state index in [0.29, 0.717) is 0 Å². The minimum atomic E-state index is 0.908. The maximum absolute atomic E-state index is 2.45. The van der Waals surface area contributed by atoms with Crippen molar-refractivity contribution < 1.29 is 0 Å². The maximum atomic E-state index is 2.45. The Balaban J connectivity index is 1.42. The van der Waals surface area contributed by atoms with Gasteiger partial charge in [-0.1, -0.05) is 37.8 Å². The highest BCUT2D eigenvalue weighted by Crippen LogP contribution is 2.45. The van der Waals surface area contributed by atoms with Crippen LogP contribution in [0.3, 0.4) is 0 Å². The van der Waals surface area contributed by atoms with Gasteiger partial charge in [0.25, 0.3) is 0 Å². The summed E-state index contributed by atoms with van der Waals surface area (Å²) in [5.74, 6) is 5.33. The van der Waals surface area contributed by atoms with Gasteiger partial charge in [-0.25, -0.2) is 0 Å². The molecule has 0 aromatic rings. The molecule has 0 aromatic carbocycles. The molecule has 0 unspecified atom stereocenters.